The summed E-state index contributed by atoms with van der Waals surface area (Å²) in [5.74, 6) is -0.525. The largest absolute Gasteiger partial charge is 0.472 e. The van der Waals surface area contributed by atoms with E-state index in [0.717, 1.165) is 23.1 Å². The van der Waals surface area contributed by atoms with Crippen LogP contribution in [0.5, 0.6) is 5.88 Å². The van der Waals surface area contributed by atoms with Gasteiger partial charge in [-0.15, -0.1) is 0 Å². The number of nitrogens with zero attached hydrogens (tertiary/aromatic N) is 2. The van der Waals surface area contributed by atoms with Crippen LogP contribution in [-0.2, 0) is 0 Å². The summed E-state index contributed by atoms with van der Waals surface area (Å²) in [5, 5.41) is 0. The Labute approximate surface area is 175 Å². The van der Waals surface area contributed by atoms with Gasteiger partial charge in [-0.3, -0.25) is 4.99 Å². The molecule has 0 radical (unpaired) electrons. The van der Waals surface area contributed by atoms with Crippen LogP contribution < -0.4 is 4.74 Å². The Hall–Kier alpha value is -3.08. The third-order valence-corrected chi connectivity index (χ3v) is 4.99. The number of rotatable bonds is 4. The van der Waals surface area contributed by atoms with E-state index >= 15 is 0 Å². The lowest BCUT2D eigenvalue weighted by Gasteiger charge is -2.20. The molecule has 0 saturated heterocycles. The minimum atomic E-state index is -0.559. The Bertz CT molecular complexity index is 1050. The molecule has 1 unspecified atom stereocenters. The van der Waals surface area contributed by atoms with Gasteiger partial charge in [-0.1, -0.05) is 30.3 Å². The number of hydrogen-bond donors (Lipinski definition) is 0. The SMILES string of the molecule is CC(C)(C)Oc1ccc(-c2ccc(C3CCC(c4c(F)cccc4F)=N3)cc2)cn1. The maximum Gasteiger partial charge on any atom is 0.213 e. The van der Waals surface area contributed by atoms with Gasteiger partial charge in [0.1, 0.15) is 17.2 Å². The molecule has 0 amide bonds. The van der Waals surface area contributed by atoms with E-state index in [0.29, 0.717) is 18.0 Å². The first-order chi connectivity index (χ1) is 14.3. The first-order valence-electron chi connectivity index (χ1n) is 10.1. The van der Waals surface area contributed by atoms with Crippen LogP contribution in [0.1, 0.15) is 50.8 Å². The van der Waals surface area contributed by atoms with Crippen LogP contribution in [-0.4, -0.2) is 16.3 Å². The van der Waals surface area contributed by atoms with Gasteiger partial charge in [0.05, 0.1) is 11.6 Å². The molecule has 1 aliphatic rings. The predicted molar refractivity (Wildman–Crippen MR) is 115 cm³/mol. The van der Waals surface area contributed by atoms with Gasteiger partial charge >= 0.3 is 0 Å². The van der Waals surface area contributed by atoms with E-state index in [-0.39, 0.29) is 17.2 Å². The summed E-state index contributed by atoms with van der Waals surface area (Å²) in [7, 11) is 0. The third kappa shape index (κ3) is 4.40. The van der Waals surface area contributed by atoms with Gasteiger partial charge in [0.15, 0.2) is 0 Å². The minimum Gasteiger partial charge on any atom is -0.472 e. The zero-order valence-electron chi connectivity index (χ0n) is 17.3. The molecule has 2 heterocycles. The van der Waals surface area contributed by atoms with Crippen LogP contribution in [0, 0.1) is 11.6 Å². The molecule has 0 saturated carbocycles. The van der Waals surface area contributed by atoms with Crippen molar-refractivity contribution in [2.45, 2.75) is 45.3 Å². The van der Waals surface area contributed by atoms with Crippen molar-refractivity contribution in [3.8, 4) is 17.0 Å². The summed E-state index contributed by atoms with van der Waals surface area (Å²) in [6, 6.07) is 15.8. The highest BCUT2D eigenvalue weighted by Crippen LogP contribution is 2.33. The summed E-state index contributed by atoms with van der Waals surface area (Å²) in [5.41, 5.74) is 3.27. The molecule has 2 aromatic carbocycles. The summed E-state index contributed by atoms with van der Waals surface area (Å²) in [6.07, 6.45) is 3.09. The van der Waals surface area contributed by atoms with Crippen molar-refractivity contribution >= 4 is 5.71 Å². The van der Waals surface area contributed by atoms with E-state index in [1.54, 1.807) is 6.20 Å². The molecule has 4 rings (SSSR count). The van der Waals surface area contributed by atoms with Crippen LogP contribution in [0.15, 0.2) is 65.8 Å². The summed E-state index contributed by atoms with van der Waals surface area (Å²) >= 11 is 0. The van der Waals surface area contributed by atoms with Crippen molar-refractivity contribution in [3.05, 3.63) is 83.6 Å². The second kappa shape index (κ2) is 7.98. The zero-order chi connectivity index (χ0) is 21.3. The van der Waals surface area contributed by atoms with Gasteiger partial charge < -0.3 is 4.74 Å². The highest BCUT2D eigenvalue weighted by molar-refractivity contribution is 6.02. The Morgan fingerprint density at radius 3 is 2.17 bits per heavy atom. The van der Waals surface area contributed by atoms with Crippen molar-refractivity contribution in [3.63, 3.8) is 0 Å². The Balaban J connectivity index is 1.51. The van der Waals surface area contributed by atoms with Gasteiger partial charge in [0.2, 0.25) is 5.88 Å². The number of aliphatic imine (C=N–C) groups is 1. The number of hydrogen-bond acceptors (Lipinski definition) is 3. The lowest BCUT2D eigenvalue weighted by molar-refractivity contribution is 0.124. The summed E-state index contributed by atoms with van der Waals surface area (Å²) < 4.78 is 33.9. The molecule has 1 aromatic heterocycles. The Morgan fingerprint density at radius 1 is 0.900 bits per heavy atom. The minimum absolute atomic E-state index is 0.000241. The van der Waals surface area contributed by atoms with E-state index < -0.39 is 11.6 Å². The van der Waals surface area contributed by atoms with E-state index in [1.807, 2.05) is 57.2 Å². The smallest absolute Gasteiger partial charge is 0.213 e. The van der Waals surface area contributed by atoms with Crippen LogP contribution in [0.25, 0.3) is 11.1 Å². The molecule has 154 valence electrons. The fourth-order valence-electron chi connectivity index (χ4n) is 3.62. The van der Waals surface area contributed by atoms with Crippen molar-refractivity contribution in [2.75, 3.05) is 0 Å². The molecular weight excluding hydrogens is 382 g/mol. The average Bonchev–Trinajstić information content (AvgIpc) is 3.17. The van der Waals surface area contributed by atoms with Gasteiger partial charge in [0, 0.05) is 23.5 Å². The van der Waals surface area contributed by atoms with Crippen LogP contribution in [0.3, 0.4) is 0 Å². The molecule has 0 spiro atoms. The van der Waals surface area contributed by atoms with Crippen molar-refractivity contribution in [1.82, 2.24) is 4.98 Å². The molecule has 0 N–H and O–H groups in total. The predicted octanol–water partition coefficient (Wildman–Crippen LogP) is 6.53. The van der Waals surface area contributed by atoms with Crippen LogP contribution >= 0.6 is 0 Å². The zero-order valence-corrected chi connectivity index (χ0v) is 17.3. The number of benzene rings is 2. The third-order valence-electron chi connectivity index (χ3n) is 4.99. The second-order valence-electron chi connectivity index (χ2n) is 8.45. The molecular formula is C25H24F2N2O. The lowest BCUT2D eigenvalue weighted by atomic mass is 10.00. The number of halogens is 2. The van der Waals surface area contributed by atoms with E-state index in [4.69, 9.17) is 4.74 Å². The monoisotopic (exact) mass is 406 g/mol. The topological polar surface area (TPSA) is 34.5 Å². The maximum absolute atomic E-state index is 14.1. The Kier molecular flexibility index (Phi) is 5.37. The summed E-state index contributed by atoms with van der Waals surface area (Å²) in [4.78, 5) is 8.99. The fourth-order valence-corrected chi connectivity index (χ4v) is 3.62. The molecule has 0 fully saturated rings. The van der Waals surface area contributed by atoms with Gasteiger partial charge in [0.25, 0.3) is 0 Å². The van der Waals surface area contributed by atoms with Crippen molar-refractivity contribution in [2.24, 2.45) is 4.99 Å². The van der Waals surface area contributed by atoms with E-state index in [2.05, 4.69) is 9.98 Å². The van der Waals surface area contributed by atoms with Crippen LogP contribution in [0.4, 0.5) is 8.78 Å². The van der Waals surface area contributed by atoms with Crippen LogP contribution in [0.2, 0.25) is 0 Å². The molecule has 0 aliphatic carbocycles. The first-order valence-corrected chi connectivity index (χ1v) is 10.1. The molecule has 30 heavy (non-hydrogen) atoms. The Morgan fingerprint density at radius 2 is 1.57 bits per heavy atom. The molecule has 3 aromatic rings. The quantitative estimate of drug-likeness (QED) is 0.494. The maximum atomic E-state index is 14.1. The average molecular weight is 406 g/mol. The highest BCUT2D eigenvalue weighted by Gasteiger charge is 2.24. The molecule has 5 heteroatoms. The number of ether oxygens (including phenoxy) is 1. The highest BCUT2D eigenvalue weighted by atomic mass is 19.1. The molecule has 3 nitrogen and oxygen atoms in total. The number of aromatic nitrogens is 1. The van der Waals surface area contributed by atoms with E-state index in [1.165, 1.54) is 18.2 Å². The molecule has 1 aliphatic heterocycles. The molecule has 1 atom stereocenters. The van der Waals surface area contributed by atoms with Gasteiger partial charge in [-0.25, -0.2) is 13.8 Å². The van der Waals surface area contributed by atoms with Crippen molar-refractivity contribution in [1.29, 1.82) is 0 Å². The standard InChI is InChI=1S/C25H24F2N2O/c1-25(2,3)30-23-14-11-18(15-28-23)16-7-9-17(10-8-16)21-12-13-22(29-21)24-19(26)5-4-6-20(24)27/h4-11,14-15,21H,12-13H2,1-3H3. The lowest BCUT2D eigenvalue weighted by Crippen LogP contribution is -2.23. The van der Waals surface area contributed by atoms with E-state index in [9.17, 15) is 8.78 Å². The van der Waals surface area contributed by atoms with Gasteiger partial charge in [-0.2, -0.15) is 0 Å². The second-order valence-corrected chi connectivity index (χ2v) is 8.45. The van der Waals surface area contributed by atoms with Crippen molar-refractivity contribution < 1.29 is 13.5 Å². The normalized spacial score (nSPS) is 16.4. The fraction of sp³-hybridized carbons (Fsp3) is 0.280. The molecule has 0 bridgehead atoms. The first kappa shape index (κ1) is 20.2. The van der Waals surface area contributed by atoms with Gasteiger partial charge in [-0.05, 0) is 62.9 Å². The summed E-state index contributed by atoms with van der Waals surface area (Å²) in [6.45, 7) is 5.95. The number of pyridine rings is 1.